The minimum atomic E-state index is -1.49. The fraction of sp³-hybridized carbons (Fsp3) is 0.385. The molecule has 0 aromatic rings. The van der Waals surface area contributed by atoms with Crippen LogP contribution >= 0.6 is 0 Å². The first-order valence-electron chi connectivity index (χ1n) is 5.41. The van der Waals surface area contributed by atoms with E-state index in [2.05, 4.69) is 0 Å². The highest BCUT2D eigenvalue weighted by Gasteiger charge is 2.74. The Balaban J connectivity index is 2.40. The Labute approximate surface area is 97.8 Å². The number of carbonyl (C=O) groups excluding carboxylic acids is 2. The van der Waals surface area contributed by atoms with E-state index in [1.165, 1.54) is 0 Å². The Morgan fingerprint density at radius 1 is 1.00 bits per heavy atom. The summed E-state index contributed by atoms with van der Waals surface area (Å²) in [7, 11) is 0. The van der Waals surface area contributed by atoms with Crippen molar-refractivity contribution in [3.8, 4) is 12.1 Å². The highest BCUT2D eigenvalue weighted by atomic mass is 16.1. The maximum Gasteiger partial charge on any atom is 0.178 e. The molecule has 0 radical (unpaired) electrons. The molecule has 0 aliphatic heterocycles. The van der Waals surface area contributed by atoms with E-state index in [4.69, 9.17) is 0 Å². The van der Waals surface area contributed by atoms with E-state index < -0.39 is 22.4 Å². The Morgan fingerprint density at radius 3 is 1.76 bits per heavy atom. The first kappa shape index (κ1) is 9.99. The van der Waals surface area contributed by atoms with Gasteiger partial charge < -0.3 is 0 Å². The second kappa shape index (κ2) is 2.73. The van der Waals surface area contributed by atoms with Gasteiger partial charge in [0, 0.05) is 11.8 Å². The van der Waals surface area contributed by atoms with Crippen LogP contribution < -0.4 is 0 Å². The van der Waals surface area contributed by atoms with Gasteiger partial charge >= 0.3 is 0 Å². The van der Waals surface area contributed by atoms with Crippen LogP contribution in [0.2, 0.25) is 0 Å². The van der Waals surface area contributed by atoms with Crippen molar-refractivity contribution < 1.29 is 9.59 Å². The van der Waals surface area contributed by atoms with Crippen LogP contribution in [0.25, 0.3) is 0 Å². The SMILES string of the molecule is N#C[C@@]12C(=O)C=CC(=O)[C@]1(C#N)[C@@H]1C=C[C@H]2C1. The molecule has 1 fully saturated rings. The van der Waals surface area contributed by atoms with Gasteiger partial charge in [-0.05, 0) is 18.6 Å². The Morgan fingerprint density at radius 2 is 1.41 bits per heavy atom. The maximum absolute atomic E-state index is 12.1. The standard InChI is InChI=1S/C13H8N2O2/c14-6-12-8-1-2-9(5-8)13(12,7-15)11(17)4-3-10(12)16/h1-4,8-9H,5H2/t8-,9+,12+,13-. The minimum absolute atomic E-state index is 0.307. The van der Waals surface area contributed by atoms with E-state index >= 15 is 0 Å². The van der Waals surface area contributed by atoms with Gasteiger partial charge in [0.15, 0.2) is 22.4 Å². The topological polar surface area (TPSA) is 81.7 Å². The molecule has 3 aliphatic carbocycles. The fourth-order valence-corrected chi connectivity index (χ4v) is 3.55. The van der Waals surface area contributed by atoms with Gasteiger partial charge in [-0.25, -0.2) is 0 Å². The molecule has 3 aliphatic rings. The smallest absolute Gasteiger partial charge is 0.178 e. The molecular weight excluding hydrogens is 216 g/mol. The van der Waals surface area contributed by atoms with Crippen molar-refractivity contribution in [3.63, 3.8) is 0 Å². The lowest BCUT2D eigenvalue weighted by atomic mass is 9.53. The van der Waals surface area contributed by atoms with Gasteiger partial charge in [-0.2, -0.15) is 10.5 Å². The number of hydrogen-bond acceptors (Lipinski definition) is 4. The van der Waals surface area contributed by atoms with Crippen LogP contribution in [0.5, 0.6) is 0 Å². The molecule has 0 aromatic heterocycles. The average molecular weight is 224 g/mol. The first-order chi connectivity index (χ1) is 8.13. The summed E-state index contributed by atoms with van der Waals surface area (Å²) in [5.41, 5.74) is -2.99. The molecule has 1 saturated carbocycles. The largest absolute Gasteiger partial charge is 0.293 e. The van der Waals surface area contributed by atoms with Crippen molar-refractivity contribution in [1.29, 1.82) is 10.5 Å². The molecule has 0 aromatic carbocycles. The van der Waals surface area contributed by atoms with Crippen molar-refractivity contribution in [2.45, 2.75) is 6.42 Å². The Kier molecular flexibility index (Phi) is 1.60. The monoisotopic (exact) mass is 224 g/mol. The second-order valence-corrected chi connectivity index (χ2v) is 4.74. The quantitative estimate of drug-likeness (QED) is 0.573. The van der Waals surface area contributed by atoms with Gasteiger partial charge in [0.2, 0.25) is 0 Å². The van der Waals surface area contributed by atoms with Gasteiger partial charge in [-0.1, -0.05) is 12.2 Å². The number of allylic oxidation sites excluding steroid dienone is 4. The molecule has 2 bridgehead atoms. The Bertz CT molecular complexity index is 540. The number of fused-ring (bicyclic) bond motifs is 5. The van der Waals surface area contributed by atoms with Crippen molar-refractivity contribution >= 4 is 11.6 Å². The third-order valence-electron chi connectivity index (χ3n) is 4.33. The number of hydrogen-bond donors (Lipinski definition) is 0. The zero-order chi connectivity index (χ0) is 12.3. The summed E-state index contributed by atoms with van der Waals surface area (Å²) in [6.45, 7) is 0. The molecule has 0 unspecified atom stereocenters. The van der Waals surface area contributed by atoms with Gasteiger partial charge in [0.05, 0.1) is 12.1 Å². The molecule has 0 spiro atoms. The van der Waals surface area contributed by atoms with Crippen molar-refractivity contribution in [1.82, 2.24) is 0 Å². The zero-order valence-corrected chi connectivity index (χ0v) is 8.88. The van der Waals surface area contributed by atoms with E-state index in [1.807, 2.05) is 12.1 Å². The third kappa shape index (κ3) is 0.745. The molecule has 4 heteroatoms. The summed E-state index contributed by atoms with van der Waals surface area (Å²) in [6, 6.07) is 3.97. The summed E-state index contributed by atoms with van der Waals surface area (Å²) in [6.07, 6.45) is 6.44. The number of rotatable bonds is 0. The van der Waals surface area contributed by atoms with Crippen LogP contribution in [0, 0.1) is 45.3 Å². The molecule has 82 valence electrons. The summed E-state index contributed by atoms with van der Waals surface area (Å²) in [4.78, 5) is 24.2. The Hall–Kier alpha value is -2.20. The number of carbonyl (C=O) groups is 2. The number of nitrogens with zero attached hydrogens (tertiary/aromatic N) is 2. The van der Waals surface area contributed by atoms with Gasteiger partial charge in [-0.15, -0.1) is 0 Å². The second-order valence-electron chi connectivity index (χ2n) is 4.74. The first-order valence-corrected chi connectivity index (χ1v) is 5.41. The summed E-state index contributed by atoms with van der Waals surface area (Å²) < 4.78 is 0. The highest BCUT2D eigenvalue weighted by molar-refractivity contribution is 6.15. The van der Waals surface area contributed by atoms with Crippen LogP contribution in [0.4, 0.5) is 0 Å². The van der Waals surface area contributed by atoms with Crippen LogP contribution in [0.3, 0.4) is 0 Å². The van der Waals surface area contributed by atoms with Crippen molar-refractivity contribution in [3.05, 3.63) is 24.3 Å². The molecule has 0 heterocycles. The summed E-state index contributed by atoms with van der Waals surface area (Å²) in [5.74, 6) is -1.42. The molecule has 0 saturated heterocycles. The van der Waals surface area contributed by atoms with Crippen LogP contribution in [0.1, 0.15) is 6.42 Å². The van der Waals surface area contributed by atoms with Gasteiger partial charge in [0.1, 0.15) is 0 Å². The molecule has 0 amide bonds. The van der Waals surface area contributed by atoms with Gasteiger partial charge in [0.25, 0.3) is 0 Å². The lowest BCUT2D eigenvalue weighted by Gasteiger charge is -2.40. The molecule has 4 atom stereocenters. The predicted octanol–water partition coefficient (Wildman–Crippen LogP) is 0.920. The summed E-state index contributed by atoms with van der Waals surface area (Å²) in [5, 5.41) is 18.8. The molecule has 17 heavy (non-hydrogen) atoms. The lowest BCUT2D eigenvalue weighted by molar-refractivity contribution is -0.138. The predicted molar refractivity (Wildman–Crippen MR) is 56.0 cm³/mol. The van der Waals surface area contributed by atoms with E-state index in [9.17, 15) is 20.1 Å². The molecule has 0 N–H and O–H groups in total. The number of nitriles is 2. The van der Waals surface area contributed by atoms with E-state index in [1.54, 1.807) is 12.2 Å². The normalized spacial score (nSPS) is 45.5. The minimum Gasteiger partial charge on any atom is -0.293 e. The number of ketones is 2. The van der Waals surface area contributed by atoms with Crippen LogP contribution in [-0.2, 0) is 9.59 Å². The maximum atomic E-state index is 12.1. The van der Waals surface area contributed by atoms with Crippen LogP contribution in [-0.4, -0.2) is 11.6 Å². The van der Waals surface area contributed by atoms with Gasteiger partial charge in [-0.3, -0.25) is 9.59 Å². The van der Waals surface area contributed by atoms with Crippen molar-refractivity contribution in [2.75, 3.05) is 0 Å². The molecular formula is C13H8N2O2. The van der Waals surface area contributed by atoms with E-state index in [-0.39, 0.29) is 11.8 Å². The van der Waals surface area contributed by atoms with Crippen LogP contribution in [0.15, 0.2) is 24.3 Å². The lowest BCUT2D eigenvalue weighted by Crippen LogP contribution is -2.54. The third-order valence-corrected chi connectivity index (χ3v) is 4.33. The zero-order valence-electron chi connectivity index (χ0n) is 8.88. The molecule has 4 nitrogen and oxygen atoms in total. The highest BCUT2D eigenvalue weighted by Crippen LogP contribution is 2.65. The van der Waals surface area contributed by atoms with E-state index in [0.717, 1.165) is 12.2 Å². The average Bonchev–Trinajstić information content (AvgIpc) is 2.92. The summed E-state index contributed by atoms with van der Waals surface area (Å²) >= 11 is 0. The fourth-order valence-electron chi connectivity index (χ4n) is 3.55. The van der Waals surface area contributed by atoms with Crippen molar-refractivity contribution in [2.24, 2.45) is 22.7 Å². The molecule has 3 rings (SSSR count). The van der Waals surface area contributed by atoms with E-state index in [0.29, 0.717) is 6.42 Å².